The lowest BCUT2D eigenvalue weighted by Gasteiger charge is -2.36. The van der Waals surface area contributed by atoms with Crippen molar-refractivity contribution in [1.29, 1.82) is 0 Å². The maximum Gasteiger partial charge on any atom is 0.179 e. The first-order valence-electron chi connectivity index (χ1n) is 26.3. The summed E-state index contributed by atoms with van der Waals surface area (Å²) in [4.78, 5) is 9.38. The van der Waals surface area contributed by atoms with Gasteiger partial charge in [0.25, 0.3) is 0 Å². The first-order chi connectivity index (χ1) is 38.2. The summed E-state index contributed by atoms with van der Waals surface area (Å²) in [6.45, 7) is 0. The molecule has 0 N–H and O–H groups in total. The molecule has 4 nitrogen and oxygen atoms in total. The number of para-hydroxylation sites is 8. The van der Waals surface area contributed by atoms with Crippen LogP contribution in [0.25, 0.3) is 0 Å². The summed E-state index contributed by atoms with van der Waals surface area (Å²) < 4.78 is 0. The van der Waals surface area contributed by atoms with Crippen LogP contribution in [-0.2, 0) is 0 Å². The van der Waals surface area contributed by atoms with Crippen molar-refractivity contribution in [2.24, 2.45) is 0 Å². The first-order valence-corrected chi connectivity index (χ1v) is 28.3. The van der Waals surface area contributed by atoms with Gasteiger partial charge in [-0.25, -0.2) is 0 Å². The molecule has 12 aromatic rings. The standard InChI is InChI=1S/C72H56N4Si/c1-9-25-57(26-10-1)73(58-27-11-2-12-28-58)65-41-49-69(50-42-65)77(70-51-43-66(44-52-70)74(59-29-13-3-14-30-59)60-31-15-4-16-32-60,71-53-45-67(46-54-71)75(61-33-17-5-18-34-61)62-35-19-6-20-36-62)72-55-47-68(48-56-72)76(63-37-21-7-22-38-63)64-39-23-8-24-40-64/h1-56H. The molecule has 0 aliphatic carbocycles. The van der Waals surface area contributed by atoms with Gasteiger partial charge in [0.1, 0.15) is 0 Å². The van der Waals surface area contributed by atoms with Crippen molar-refractivity contribution in [3.8, 4) is 0 Å². The summed E-state index contributed by atoms with van der Waals surface area (Å²) in [5.74, 6) is 0. The maximum absolute atomic E-state index is 3.24. The Morgan fingerprint density at radius 2 is 0.247 bits per heavy atom. The highest BCUT2D eigenvalue weighted by Crippen LogP contribution is 2.38. The van der Waals surface area contributed by atoms with Crippen LogP contribution in [0.5, 0.6) is 0 Å². The number of hydrogen-bond acceptors (Lipinski definition) is 4. The van der Waals surface area contributed by atoms with E-state index in [0.29, 0.717) is 0 Å². The molecule has 0 aromatic heterocycles. The molecule has 0 saturated carbocycles. The molecule has 0 aliphatic heterocycles. The Morgan fingerprint density at radius 1 is 0.130 bits per heavy atom. The number of rotatable bonds is 16. The first kappa shape index (κ1) is 48.0. The van der Waals surface area contributed by atoms with Crippen molar-refractivity contribution in [2.75, 3.05) is 19.6 Å². The van der Waals surface area contributed by atoms with E-state index in [1.54, 1.807) is 0 Å². The van der Waals surface area contributed by atoms with Crippen LogP contribution < -0.4 is 40.3 Å². The van der Waals surface area contributed by atoms with E-state index >= 15 is 0 Å². The molecule has 0 amide bonds. The van der Waals surface area contributed by atoms with Gasteiger partial charge in [0, 0.05) is 68.2 Å². The van der Waals surface area contributed by atoms with Crippen LogP contribution in [0.15, 0.2) is 340 Å². The third-order valence-electron chi connectivity index (χ3n) is 14.3. The van der Waals surface area contributed by atoms with Crippen molar-refractivity contribution in [2.45, 2.75) is 0 Å². The van der Waals surface area contributed by atoms with Crippen LogP contribution in [0.3, 0.4) is 0 Å². The highest BCUT2D eigenvalue weighted by Gasteiger charge is 2.42. The molecule has 0 atom stereocenters. The fourth-order valence-electron chi connectivity index (χ4n) is 10.8. The van der Waals surface area contributed by atoms with Crippen LogP contribution in [0.4, 0.5) is 68.2 Å². The predicted molar refractivity (Wildman–Crippen MR) is 329 cm³/mol. The normalized spacial score (nSPS) is 11.1. The minimum atomic E-state index is -3.24. The van der Waals surface area contributed by atoms with Crippen molar-refractivity contribution >= 4 is 97.1 Å². The molecule has 0 heterocycles. The topological polar surface area (TPSA) is 13.0 Å². The second kappa shape index (κ2) is 22.3. The molecule has 0 aliphatic rings. The Morgan fingerprint density at radius 3 is 0.377 bits per heavy atom. The SMILES string of the molecule is c1ccc(N(c2ccccc2)c2ccc([Si](c3ccc(N(c4ccccc4)c4ccccc4)cc3)(c3ccc(N(c4ccccc4)c4ccccc4)cc3)c3ccc(N(c4ccccc4)c4ccccc4)cc3)cc2)cc1. The lowest BCUT2D eigenvalue weighted by Crippen LogP contribution is -2.74. The quantitative estimate of drug-likeness (QED) is 0.0706. The second-order valence-electron chi connectivity index (χ2n) is 19.0. The molecule has 77 heavy (non-hydrogen) atoms. The Kier molecular flexibility index (Phi) is 13.9. The van der Waals surface area contributed by atoms with Crippen LogP contribution in [-0.4, -0.2) is 8.07 Å². The molecule has 0 unspecified atom stereocenters. The van der Waals surface area contributed by atoms with Gasteiger partial charge in [0.15, 0.2) is 8.07 Å². The van der Waals surface area contributed by atoms with Crippen molar-refractivity contribution in [3.05, 3.63) is 340 Å². The zero-order valence-electron chi connectivity index (χ0n) is 42.6. The van der Waals surface area contributed by atoms with Gasteiger partial charge < -0.3 is 19.6 Å². The molecule has 0 spiro atoms. The maximum atomic E-state index is 2.40. The second-order valence-corrected chi connectivity index (χ2v) is 22.8. The van der Waals surface area contributed by atoms with Gasteiger partial charge in [-0.05, 0) is 166 Å². The summed E-state index contributed by atoms with van der Waals surface area (Å²) in [5, 5.41) is 5.07. The molecular weight excluding hydrogens is 949 g/mol. The molecule has 12 aromatic carbocycles. The minimum absolute atomic E-state index is 1.08. The zero-order valence-corrected chi connectivity index (χ0v) is 43.6. The summed E-state index contributed by atoms with van der Waals surface area (Å²) in [6.07, 6.45) is 0. The average Bonchev–Trinajstić information content (AvgIpc) is 3.51. The molecule has 0 saturated heterocycles. The zero-order chi connectivity index (χ0) is 51.6. The smallest absolute Gasteiger partial charge is 0.179 e. The number of benzene rings is 12. The van der Waals surface area contributed by atoms with Crippen molar-refractivity contribution < 1.29 is 0 Å². The molecule has 368 valence electrons. The summed E-state index contributed by atoms with van der Waals surface area (Å²) >= 11 is 0. The molecule has 12 rings (SSSR count). The van der Waals surface area contributed by atoms with Gasteiger partial charge in [-0.15, -0.1) is 0 Å². The fraction of sp³-hybridized carbons (Fsp3) is 0. The highest BCUT2D eigenvalue weighted by molar-refractivity contribution is 7.19. The molecule has 5 heteroatoms. The third-order valence-corrected chi connectivity index (χ3v) is 19.1. The van der Waals surface area contributed by atoms with E-state index in [0.717, 1.165) is 68.2 Å². The Hall–Kier alpha value is -9.94. The Labute approximate surface area is 453 Å². The molecule has 0 radical (unpaired) electrons. The predicted octanol–water partition coefficient (Wildman–Crippen LogP) is 16.9. The highest BCUT2D eigenvalue weighted by atomic mass is 28.3. The van der Waals surface area contributed by atoms with Gasteiger partial charge in [-0.2, -0.15) is 0 Å². The van der Waals surface area contributed by atoms with E-state index in [1.807, 2.05) is 0 Å². The van der Waals surface area contributed by atoms with E-state index < -0.39 is 8.07 Å². The summed E-state index contributed by atoms with van der Waals surface area (Å²) in [5.41, 5.74) is 13.1. The largest absolute Gasteiger partial charge is 0.311 e. The summed E-state index contributed by atoms with van der Waals surface area (Å²) in [7, 11) is -3.24. The number of nitrogens with zero attached hydrogens (tertiary/aromatic N) is 4. The fourth-order valence-corrected chi connectivity index (χ4v) is 15.5. The van der Waals surface area contributed by atoms with E-state index in [2.05, 4.69) is 359 Å². The van der Waals surface area contributed by atoms with E-state index in [1.165, 1.54) is 20.7 Å². The van der Waals surface area contributed by atoms with Gasteiger partial charge in [-0.3, -0.25) is 0 Å². The Bertz CT molecular complexity index is 3070. The van der Waals surface area contributed by atoms with Crippen molar-refractivity contribution in [1.82, 2.24) is 0 Å². The molecule has 0 bridgehead atoms. The van der Waals surface area contributed by atoms with Gasteiger partial charge in [0.05, 0.1) is 0 Å². The minimum Gasteiger partial charge on any atom is -0.311 e. The van der Waals surface area contributed by atoms with Crippen molar-refractivity contribution in [3.63, 3.8) is 0 Å². The van der Waals surface area contributed by atoms with Crippen LogP contribution in [0.1, 0.15) is 0 Å². The lowest BCUT2D eigenvalue weighted by atomic mass is 10.2. The average molecular weight is 1010 g/mol. The third kappa shape index (κ3) is 9.83. The van der Waals surface area contributed by atoms with E-state index in [-0.39, 0.29) is 0 Å². The molecular formula is C72H56N4Si. The van der Waals surface area contributed by atoms with Gasteiger partial charge in [-0.1, -0.05) is 194 Å². The van der Waals surface area contributed by atoms with E-state index in [9.17, 15) is 0 Å². The summed E-state index contributed by atoms with van der Waals surface area (Å²) in [6, 6.07) is 123. The van der Waals surface area contributed by atoms with Gasteiger partial charge in [0.2, 0.25) is 0 Å². The number of anilines is 12. The number of hydrogen-bond donors (Lipinski definition) is 0. The van der Waals surface area contributed by atoms with Crippen LogP contribution in [0, 0.1) is 0 Å². The van der Waals surface area contributed by atoms with E-state index in [4.69, 9.17) is 0 Å². The monoisotopic (exact) mass is 1000 g/mol. The molecule has 0 fully saturated rings. The van der Waals surface area contributed by atoms with Gasteiger partial charge >= 0.3 is 0 Å². The van der Waals surface area contributed by atoms with Crippen LogP contribution in [0.2, 0.25) is 0 Å². The lowest BCUT2D eigenvalue weighted by molar-refractivity contribution is 1.28. The Balaban J connectivity index is 1.08. The van der Waals surface area contributed by atoms with Crippen LogP contribution >= 0.6 is 0 Å².